The minimum Gasteiger partial charge on any atom is -0.317 e. The Kier molecular flexibility index (Phi) is 8.10. The Bertz CT molecular complexity index is 755. The highest BCUT2D eigenvalue weighted by molar-refractivity contribution is 5.97. The van der Waals surface area contributed by atoms with Crippen molar-refractivity contribution >= 4 is 21.8 Å². The minimum atomic E-state index is 1.12. The number of fused-ring (bicyclic) bond motifs is 2. The van der Waals surface area contributed by atoms with Gasteiger partial charge < -0.3 is 5.32 Å². The van der Waals surface area contributed by atoms with Gasteiger partial charge in [0.15, 0.2) is 0 Å². The molecule has 144 valence electrons. The van der Waals surface area contributed by atoms with Crippen LogP contribution >= 0.6 is 0 Å². The highest BCUT2D eigenvalue weighted by Gasteiger charge is 2.08. The molecule has 0 bridgehead atoms. The number of piperidine rings is 1. The Morgan fingerprint density at radius 3 is 1.85 bits per heavy atom. The van der Waals surface area contributed by atoms with Crippen LogP contribution in [0.4, 0.5) is 0 Å². The van der Waals surface area contributed by atoms with Crippen LogP contribution in [0.5, 0.6) is 0 Å². The van der Waals surface area contributed by atoms with Gasteiger partial charge in [0, 0.05) is 10.8 Å². The Morgan fingerprint density at radius 2 is 1.33 bits per heavy atom. The van der Waals surface area contributed by atoms with Gasteiger partial charge in [-0.15, -0.1) is 0 Å². The number of pyridine rings is 1. The molecular formula is C25H34N2. The fourth-order valence-corrected chi connectivity index (χ4v) is 3.90. The van der Waals surface area contributed by atoms with E-state index in [2.05, 4.69) is 60.8 Å². The number of aromatic nitrogens is 1. The van der Waals surface area contributed by atoms with Gasteiger partial charge in [-0.2, -0.15) is 0 Å². The zero-order chi connectivity index (χ0) is 18.7. The first-order valence-electron chi connectivity index (χ1n) is 10.9. The molecule has 0 aliphatic carbocycles. The van der Waals surface area contributed by atoms with Crippen molar-refractivity contribution in [1.82, 2.24) is 10.3 Å². The molecule has 1 aliphatic rings. The molecule has 3 aromatic rings. The zero-order valence-corrected chi connectivity index (χ0v) is 16.8. The van der Waals surface area contributed by atoms with Crippen LogP contribution in [0.2, 0.25) is 0 Å². The average molecular weight is 363 g/mol. The number of aryl methyl sites for hydroxylation is 1. The average Bonchev–Trinajstić information content (AvgIpc) is 2.74. The molecule has 0 spiro atoms. The third-order valence-electron chi connectivity index (χ3n) is 5.44. The quantitative estimate of drug-likeness (QED) is 0.392. The Hall–Kier alpha value is -1.93. The number of nitrogens with one attached hydrogen (secondary N) is 1. The van der Waals surface area contributed by atoms with Gasteiger partial charge in [0.1, 0.15) is 0 Å². The molecule has 1 aliphatic heterocycles. The van der Waals surface area contributed by atoms with Crippen molar-refractivity contribution in [3.8, 4) is 0 Å². The summed E-state index contributed by atoms with van der Waals surface area (Å²) < 4.78 is 0. The van der Waals surface area contributed by atoms with Crippen molar-refractivity contribution < 1.29 is 0 Å². The molecule has 0 radical (unpaired) electrons. The van der Waals surface area contributed by atoms with Crippen molar-refractivity contribution in [2.75, 3.05) is 13.1 Å². The summed E-state index contributed by atoms with van der Waals surface area (Å²) >= 11 is 0. The van der Waals surface area contributed by atoms with Crippen LogP contribution in [-0.4, -0.2) is 18.1 Å². The number of para-hydroxylation sites is 2. The van der Waals surface area contributed by atoms with E-state index in [1.165, 1.54) is 80.8 Å². The van der Waals surface area contributed by atoms with E-state index >= 15 is 0 Å². The highest BCUT2D eigenvalue weighted by atomic mass is 14.9. The van der Waals surface area contributed by atoms with E-state index in [4.69, 9.17) is 4.98 Å². The second kappa shape index (κ2) is 11.0. The van der Waals surface area contributed by atoms with E-state index in [0.29, 0.717) is 0 Å². The summed E-state index contributed by atoms with van der Waals surface area (Å²) in [6.07, 6.45) is 12.0. The van der Waals surface area contributed by atoms with E-state index in [9.17, 15) is 0 Å². The first-order chi connectivity index (χ1) is 13.4. The molecule has 1 fully saturated rings. The maximum absolute atomic E-state index is 4.80. The monoisotopic (exact) mass is 362 g/mol. The Labute approximate surface area is 164 Å². The smallest absolute Gasteiger partial charge is 0.0712 e. The maximum atomic E-state index is 4.80. The van der Waals surface area contributed by atoms with E-state index in [1.807, 2.05) is 0 Å². The summed E-state index contributed by atoms with van der Waals surface area (Å²) in [4.78, 5) is 4.80. The van der Waals surface area contributed by atoms with Crippen LogP contribution in [0.25, 0.3) is 21.8 Å². The fourth-order valence-electron chi connectivity index (χ4n) is 3.90. The van der Waals surface area contributed by atoms with Crippen LogP contribution < -0.4 is 5.32 Å². The number of nitrogens with zero attached hydrogens (tertiary/aromatic N) is 1. The molecule has 1 saturated heterocycles. The lowest BCUT2D eigenvalue weighted by molar-refractivity contribution is 0.520. The predicted molar refractivity (Wildman–Crippen MR) is 118 cm³/mol. The van der Waals surface area contributed by atoms with Gasteiger partial charge in [-0.3, -0.25) is 0 Å². The summed E-state index contributed by atoms with van der Waals surface area (Å²) in [5, 5.41) is 5.94. The van der Waals surface area contributed by atoms with Crippen molar-refractivity contribution in [1.29, 1.82) is 0 Å². The largest absolute Gasteiger partial charge is 0.317 e. The van der Waals surface area contributed by atoms with Gasteiger partial charge in [-0.1, -0.05) is 75.4 Å². The van der Waals surface area contributed by atoms with E-state index in [1.54, 1.807) is 0 Å². The first kappa shape index (κ1) is 19.8. The van der Waals surface area contributed by atoms with E-state index in [0.717, 1.165) is 17.5 Å². The van der Waals surface area contributed by atoms with Crippen molar-refractivity contribution in [3.05, 3.63) is 54.1 Å². The number of hydrogen-bond donors (Lipinski definition) is 1. The van der Waals surface area contributed by atoms with Gasteiger partial charge in [0.2, 0.25) is 0 Å². The fraction of sp³-hybridized carbons (Fsp3) is 0.480. The van der Waals surface area contributed by atoms with Crippen LogP contribution in [0.3, 0.4) is 0 Å². The molecule has 4 rings (SSSR count). The lowest BCUT2D eigenvalue weighted by Crippen LogP contribution is -2.21. The Morgan fingerprint density at radius 1 is 0.741 bits per heavy atom. The molecule has 2 heterocycles. The standard InChI is InChI=1S/C20H23N.C5H11N/c1-2-3-4-5-6-11-16-17-12-7-9-14-19(17)21-20-15-10-8-13-18(16)20;1-2-4-6-5-3-1/h7-10,12-15H,2-6,11H2,1H3;6H,1-5H2. The lowest BCUT2D eigenvalue weighted by Gasteiger charge is -2.10. The second-order valence-electron chi connectivity index (χ2n) is 7.60. The second-order valence-corrected chi connectivity index (χ2v) is 7.60. The third kappa shape index (κ3) is 5.77. The molecule has 2 nitrogen and oxygen atoms in total. The molecule has 27 heavy (non-hydrogen) atoms. The van der Waals surface area contributed by atoms with E-state index < -0.39 is 0 Å². The molecule has 1 aromatic heterocycles. The van der Waals surface area contributed by atoms with Crippen LogP contribution in [0, 0.1) is 0 Å². The Balaban J connectivity index is 0.000000299. The lowest BCUT2D eigenvalue weighted by atomic mass is 9.97. The summed E-state index contributed by atoms with van der Waals surface area (Å²) in [6, 6.07) is 17.1. The molecule has 2 aromatic carbocycles. The first-order valence-corrected chi connectivity index (χ1v) is 10.9. The number of benzene rings is 2. The molecule has 0 atom stereocenters. The highest BCUT2D eigenvalue weighted by Crippen LogP contribution is 2.27. The number of hydrogen-bond acceptors (Lipinski definition) is 2. The maximum Gasteiger partial charge on any atom is 0.0712 e. The van der Waals surface area contributed by atoms with Crippen molar-refractivity contribution in [2.45, 2.75) is 64.7 Å². The normalized spacial score (nSPS) is 14.1. The van der Waals surface area contributed by atoms with Gasteiger partial charge in [-0.05, 0) is 56.5 Å². The molecule has 0 amide bonds. The number of unbranched alkanes of at least 4 members (excludes halogenated alkanes) is 4. The van der Waals surface area contributed by atoms with E-state index in [-0.39, 0.29) is 0 Å². The number of rotatable bonds is 6. The topological polar surface area (TPSA) is 24.9 Å². The minimum absolute atomic E-state index is 1.12. The SMILES string of the molecule is C1CCNCC1.CCCCCCCc1c2ccccc2nc2ccccc12. The van der Waals surface area contributed by atoms with Crippen LogP contribution in [-0.2, 0) is 6.42 Å². The molecule has 2 heteroatoms. The summed E-state index contributed by atoms with van der Waals surface area (Å²) in [6.45, 7) is 4.77. The van der Waals surface area contributed by atoms with Gasteiger partial charge in [0.25, 0.3) is 0 Å². The van der Waals surface area contributed by atoms with Crippen molar-refractivity contribution in [3.63, 3.8) is 0 Å². The van der Waals surface area contributed by atoms with Gasteiger partial charge in [0.05, 0.1) is 11.0 Å². The molecule has 0 unspecified atom stereocenters. The molecular weight excluding hydrogens is 328 g/mol. The van der Waals surface area contributed by atoms with Gasteiger partial charge in [-0.25, -0.2) is 4.98 Å². The third-order valence-corrected chi connectivity index (χ3v) is 5.44. The summed E-state index contributed by atoms with van der Waals surface area (Å²) in [7, 11) is 0. The van der Waals surface area contributed by atoms with Crippen LogP contribution in [0.15, 0.2) is 48.5 Å². The molecule has 1 N–H and O–H groups in total. The van der Waals surface area contributed by atoms with Crippen LogP contribution in [0.1, 0.15) is 63.9 Å². The summed E-state index contributed by atoms with van der Waals surface area (Å²) in [5.74, 6) is 0. The predicted octanol–water partition coefficient (Wildman–Crippen LogP) is 6.66. The summed E-state index contributed by atoms with van der Waals surface area (Å²) in [5.41, 5.74) is 3.73. The van der Waals surface area contributed by atoms with Gasteiger partial charge >= 0.3 is 0 Å². The van der Waals surface area contributed by atoms with Crippen molar-refractivity contribution in [2.24, 2.45) is 0 Å². The zero-order valence-electron chi connectivity index (χ0n) is 16.8. The molecule has 0 saturated carbocycles.